The summed E-state index contributed by atoms with van der Waals surface area (Å²) >= 11 is 0. The van der Waals surface area contributed by atoms with E-state index in [0.29, 0.717) is 33.4 Å². The first-order valence-corrected chi connectivity index (χ1v) is 10.1. The maximum absolute atomic E-state index is 14.6. The van der Waals surface area contributed by atoms with Crippen molar-refractivity contribution >= 4 is 28.8 Å². The molecule has 0 aliphatic carbocycles. The van der Waals surface area contributed by atoms with Gasteiger partial charge in [0, 0.05) is 12.1 Å². The molecule has 0 saturated heterocycles. The van der Waals surface area contributed by atoms with Gasteiger partial charge in [0.1, 0.15) is 34.6 Å². The van der Waals surface area contributed by atoms with Crippen LogP contribution in [0.1, 0.15) is 5.56 Å². The first kappa shape index (κ1) is 22.8. The fourth-order valence-electron chi connectivity index (χ4n) is 3.58. The van der Waals surface area contributed by atoms with Gasteiger partial charge in [-0.25, -0.2) is 13.7 Å². The number of amides is 2. The zero-order valence-electron chi connectivity index (χ0n) is 18.5. The highest BCUT2D eigenvalue weighted by Crippen LogP contribution is 2.38. The number of anilines is 2. The van der Waals surface area contributed by atoms with Gasteiger partial charge >= 0.3 is 0 Å². The molecule has 3 aromatic rings. The molecule has 0 bridgehead atoms. The van der Waals surface area contributed by atoms with Gasteiger partial charge in [-0.1, -0.05) is 12.1 Å². The number of carbonyl (C=O) groups is 2. The number of halogens is 2. The van der Waals surface area contributed by atoms with Crippen LogP contribution in [-0.2, 0) is 9.59 Å². The van der Waals surface area contributed by atoms with Gasteiger partial charge in [-0.3, -0.25) is 9.59 Å². The summed E-state index contributed by atoms with van der Waals surface area (Å²) in [5.74, 6) is -1.96. The molecule has 0 unspecified atom stereocenters. The molecule has 2 amide bonds. The molecule has 0 saturated carbocycles. The van der Waals surface area contributed by atoms with E-state index in [1.807, 2.05) is 0 Å². The molecule has 1 heterocycles. The Kier molecular flexibility index (Phi) is 6.18. The van der Waals surface area contributed by atoms with Crippen molar-refractivity contribution in [2.45, 2.75) is 0 Å². The summed E-state index contributed by atoms with van der Waals surface area (Å²) in [6, 6.07) is 13.8. The van der Waals surface area contributed by atoms with Gasteiger partial charge in [0.15, 0.2) is 0 Å². The van der Waals surface area contributed by atoms with E-state index in [1.165, 1.54) is 21.3 Å². The number of methoxy groups -OCH3 is 3. The van der Waals surface area contributed by atoms with Crippen LogP contribution in [0.15, 0.2) is 66.4 Å². The maximum atomic E-state index is 14.6. The Labute approximate surface area is 194 Å². The van der Waals surface area contributed by atoms with Crippen LogP contribution in [0.3, 0.4) is 0 Å². The smallest absolute Gasteiger partial charge is 0.282 e. The minimum atomic E-state index is -0.916. The van der Waals surface area contributed by atoms with Gasteiger partial charge in [-0.2, -0.15) is 0 Å². The fraction of sp³-hybridized carbons (Fsp3) is 0.120. The molecule has 1 aliphatic rings. The van der Waals surface area contributed by atoms with Gasteiger partial charge in [0.2, 0.25) is 0 Å². The van der Waals surface area contributed by atoms with Crippen molar-refractivity contribution in [2.24, 2.45) is 0 Å². The van der Waals surface area contributed by atoms with Crippen LogP contribution < -0.4 is 24.4 Å². The van der Waals surface area contributed by atoms with Crippen LogP contribution in [0.2, 0.25) is 0 Å². The van der Waals surface area contributed by atoms with Gasteiger partial charge in [-0.15, -0.1) is 0 Å². The van der Waals surface area contributed by atoms with Gasteiger partial charge < -0.3 is 19.5 Å². The Balaban J connectivity index is 1.85. The van der Waals surface area contributed by atoms with E-state index >= 15 is 0 Å². The van der Waals surface area contributed by atoms with Crippen LogP contribution in [0.25, 0.3) is 5.57 Å². The molecule has 0 atom stereocenters. The first-order valence-electron chi connectivity index (χ1n) is 10.1. The molecular weight excluding hydrogens is 446 g/mol. The zero-order chi connectivity index (χ0) is 24.4. The lowest BCUT2D eigenvalue weighted by atomic mass is 10.0. The van der Waals surface area contributed by atoms with E-state index in [-0.39, 0.29) is 11.3 Å². The molecule has 9 heteroatoms. The van der Waals surface area contributed by atoms with Crippen molar-refractivity contribution in [2.75, 3.05) is 31.5 Å². The number of rotatable bonds is 7. The minimum absolute atomic E-state index is 0.0193. The molecule has 1 N–H and O–H groups in total. The summed E-state index contributed by atoms with van der Waals surface area (Å²) in [5.41, 5.74) is 0.122. The van der Waals surface area contributed by atoms with Crippen molar-refractivity contribution < 1.29 is 32.6 Å². The summed E-state index contributed by atoms with van der Waals surface area (Å²) in [7, 11) is 4.43. The molecule has 0 fully saturated rings. The van der Waals surface area contributed by atoms with E-state index in [0.717, 1.165) is 18.2 Å². The first-order chi connectivity index (χ1) is 16.4. The predicted molar refractivity (Wildman–Crippen MR) is 122 cm³/mol. The van der Waals surface area contributed by atoms with E-state index in [4.69, 9.17) is 14.2 Å². The SMILES string of the molecule is COc1ccc(C2=C(Nc3ccc(OC)cc3OC)C(=O)N(c3cc(F)ccc3F)C2=O)cc1. The van der Waals surface area contributed by atoms with Crippen molar-refractivity contribution in [3.05, 3.63) is 83.6 Å². The van der Waals surface area contributed by atoms with Crippen LogP contribution in [0, 0.1) is 11.6 Å². The molecule has 34 heavy (non-hydrogen) atoms. The number of imide groups is 1. The average molecular weight is 466 g/mol. The van der Waals surface area contributed by atoms with E-state index < -0.39 is 29.1 Å². The topological polar surface area (TPSA) is 77.1 Å². The fourth-order valence-corrected chi connectivity index (χ4v) is 3.58. The maximum Gasteiger partial charge on any atom is 0.282 e. The van der Waals surface area contributed by atoms with Gasteiger partial charge in [0.25, 0.3) is 11.8 Å². The Morgan fingerprint density at radius 3 is 2.09 bits per heavy atom. The second kappa shape index (κ2) is 9.22. The van der Waals surface area contributed by atoms with Crippen LogP contribution >= 0.6 is 0 Å². The number of benzene rings is 3. The summed E-state index contributed by atoms with van der Waals surface area (Å²) in [5, 5.41) is 2.94. The number of carbonyl (C=O) groups excluding carboxylic acids is 2. The Morgan fingerprint density at radius 1 is 0.765 bits per heavy atom. The second-order valence-electron chi connectivity index (χ2n) is 7.21. The average Bonchev–Trinajstić information content (AvgIpc) is 3.09. The normalized spacial score (nSPS) is 13.4. The van der Waals surface area contributed by atoms with Gasteiger partial charge in [-0.05, 0) is 42.0 Å². The highest BCUT2D eigenvalue weighted by molar-refractivity contribution is 6.46. The molecule has 0 spiro atoms. The van der Waals surface area contributed by atoms with Crippen molar-refractivity contribution in [3.63, 3.8) is 0 Å². The molecule has 0 radical (unpaired) electrons. The number of hydrogen-bond acceptors (Lipinski definition) is 6. The minimum Gasteiger partial charge on any atom is -0.497 e. The standard InChI is InChI=1S/C25H20F2N2O5/c1-32-16-7-4-14(5-8-16)22-23(28-19-11-9-17(33-2)13-21(19)34-3)25(31)29(24(22)30)20-12-15(26)6-10-18(20)27/h4-13,28H,1-3H3. The van der Waals surface area contributed by atoms with Crippen LogP contribution in [0.5, 0.6) is 17.2 Å². The lowest BCUT2D eigenvalue weighted by Gasteiger charge is -2.17. The predicted octanol–water partition coefficient (Wildman–Crippen LogP) is 4.39. The largest absolute Gasteiger partial charge is 0.497 e. The van der Waals surface area contributed by atoms with Crippen molar-refractivity contribution in [1.82, 2.24) is 0 Å². The lowest BCUT2D eigenvalue weighted by Crippen LogP contribution is -2.33. The molecule has 7 nitrogen and oxygen atoms in total. The number of nitrogens with one attached hydrogen (secondary N) is 1. The van der Waals surface area contributed by atoms with Crippen LogP contribution in [-0.4, -0.2) is 33.1 Å². The Bertz CT molecular complexity index is 1310. The second-order valence-corrected chi connectivity index (χ2v) is 7.21. The van der Waals surface area contributed by atoms with Crippen LogP contribution in [0.4, 0.5) is 20.2 Å². The Morgan fingerprint density at radius 2 is 1.44 bits per heavy atom. The number of nitrogens with zero attached hydrogens (tertiary/aromatic N) is 1. The van der Waals surface area contributed by atoms with Gasteiger partial charge in [0.05, 0.1) is 38.3 Å². The van der Waals surface area contributed by atoms with E-state index in [9.17, 15) is 18.4 Å². The molecule has 1 aliphatic heterocycles. The summed E-state index contributed by atoms with van der Waals surface area (Å²) < 4.78 is 44.2. The third-order valence-electron chi connectivity index (χ3n) is 5.28. The molecule has 3 aromatic carbocycles. The monoisotopic (exact) mass is 466 g/mol. The highest BCUT2D eigenvalue weighted by atomic mass is 19.1. The quantitative estimate of drug-likeness (QED) is 0.521. The number of hydrogen-bond donors (Lipinski definition) is 1. The third kappa shape index (κ3) is 4.03. The van der Waals surface area contributed by atoms with E-state index in [1.54, 1.807) is 42.5 Å². The number of ether oxygens (including phenoxy) is 3. The molecule has 0 aromatic heterocycles. The Hall–Kier alpha value is -4.40. The van der Waals surface area contributed by atoms with E-state index in [2.05, 4.69) is 5.32 Å². The molecule has 4 rings (SSSR count). The third-order valence-corrected chi connectivity index (χ3v) is 5.28. The van der Waals surface area contributed by atoms with Crippen molar-refractivity contribution in [3.8, 4) is 17.2 Å². The van der Waals surface area contributed by atoms with Crippen molar-refractivity contribution in [1.29, 1.82) is 0 Å². The lowest BCUT2D eigenvalue weighted by molar-refractivity contribution is -0.120. The zero-order valence-corrected chi connectivity index (χ0v) is 18.5. The summed E-state index contributed by atoms with van der Waals surface area (Å²) in [4.78, 5) is 27.5. The molecule has 174 valence electrons. The summed E-state index contributed by atoms with van der Waals surface area (Å²) in [6.45, 7) is 0. The summed E-state index contributed by atoms with van der Waals surface area (Å²) in [6.07, 6.45) is 0. The molecular formula is C25H20F2N2O5. The highest BCUT2D eigenvalue weighted by Gasteiger charge is 2.41.